The van der Waals surface area contributed by atoms with Gasteiger partial charge in [-0.05, 0) is 6.92 Å². The molecule has 1 aliphatic heterocycles. The zero-order valence-corrected chi connectivity index (χ0v) is 11.3. The van der Waals surface area contributed by atoms with Gasteiger partial charge in [0.25, 0.3) is 0 Å². The van der Waals surface area contributed by atoms with Gasteiger partial charge in [-0.15, -0.1) is 0 Å². The molecule has 1 amide bonds. The van der Waals surface area contributed by atoms with Crippen LogP contribution in [0.25, 0.3) is 5.65 Å². The van der Waals surface area contributed by atoms with Crippen LogP contribution >= 0.6 is 11.6 Å². The van der Waals surface area contributed by atoms with Gasteiger partial charge >= 0.3 is 12.3 Å². The Kier molecular flexibility index (Phi) is 2.65. The fourth-order valence-corrected chi connectivity index (χ4v) is 2.65. The van der Waals surface area contributed by atoms with Crippen LogP contribution in [0.15, 0.2) is 12.3 Å². The lowest BCUT2D eigenvalue weighted by Gasteiger charge is -2.27. The molecule has 0 saturated carbocycles. The number of nitrogens with zero attached hydrogens (tertiary/aromatic N) is 4. The van der Waals surface area contributed by atoms with E-state index in [4.69, 9.17) is 16.7 Å². The van der Waals surface area contributed by atoms with Gasteiger partial charge in [0.2, 0.25) is 0 Å². The van der Waals surface area contributed by atoms with Gasteiger partial charge in [-0.25, -0.2) is 14.3 Å². The monoisotopic (exact) mass is 320 g/mol. The average molecular weight is 321 g/mol. The maximum absolute atomic E-state index is 13.5. The first-order chi connectivity index (χ1) is 9.65. The molecule has 1 aliphatic rings. The number of halogens is 4. The Labute approximate surface area is 120 Å². The maximum atomic E-state index is 13.5. The molecule has 0 fully saturated rings. The van der Waals surface area contributed by atoms with Crippen molar-refractivity contribution in [2.75, 3.05) is 11.4 Å². The van der Waals surface area contributed by atoms with Crippen molar-refractivity contribution < 1.29 is 23.1 Å². The molecule has 2 aromatic heterocycles. The van der Waals surface area contributed by atoms with Crippen molar-refractivity contribution in [3.63, 3.8) is 0 Å². The lowest BCUT2D eigenvalue weighted by molar-refractivity contribution is -0.181. The molecule has 1 N–H and O–H groups in total. The van der Waals surface area contributed by atoms with Gasteiger partial charge in [-0.2, -0.15) is 18.3 Å². The van der Waals surface area contributed by atoms with Crippen molar-refractivity contribution in [2.45, 2.75) is 18.5 Å². The fourth-order valence-electron chi connectivity index (χ4n) is 2.48. The van der Waals surface area contributed by atoms with Gasteiger partial charge in [0.1, 0.15) is 5.41 Å². The molecular weight excluding hydrogens is 313 g/mol. The summed E-state index contributed by atoms with van der Waals surface area (Å²) >= 11 is 5.71. The Morgan fingerprint density at radius 3 is 2.76 bits per heavy atom. The number of amides is 1. The predicted molar refractivity (Wildman–Crippen MR) is 66.8 cm³/mol. The summed E-state index contributed by atoms with van der Waals surface area (Å²) in [5.74, 6) is 0. The number of hydrogen-bond donors (Lipinski definition) is 1. The minimum atomic E-state index is -4.65. The van der Waals surface area contributed by atoms with Crippen LogP contribution < -0.4 is 4.90 Å². The number of rotatable bonds is 0. The van der Waals surface area contributed by atoms with E-state index < -0.39 is 24.2 Å². The molecule has 3 heterocycles. The standard InChI is InChI=1S/C11H8ClF3N4O2/c1-10(11(13,14)15)4-18(9(20)21)5-3-16-7-2-6(12)17-19(7)8(5)10/h2-3H,4H2,1H3,(H,20,21). The van der Waals surface area contributed by atoms with Crippen LogP contribution in [0, 0.1) is 0 Å². The Hall–Kier alpha value is -2.03. The van der Waals surface area contributed by atoms with Crippen molar-refractivity contribution >= 4 is 29.0 Å². The number of carbonyl (C=O) groups is 1. The second-order valence-electron chi connectivity index (χ2n) is 4.93. The highest BCUT2D eigenvalue weighted by molar-refractivity contribution is 6.29. The average Bonchev–Trinajstić information content (AvgIpc) is 2.86. The third kappa shape index (κ3) is 1.76. The van der Waals surface area contributed by atoms with E-state index in [0.29, 0.717) is 4.90 Å². The minimum Gasteiger partial charge on any atom is -0.465 e. The van der Waals surface area contributed by atoms with E-state index in [0.717, 1.165) is 17.6 Å². The van der Waals surface area contributed by atoms with Crippen molar-refractivity contribution in [2.24, 2.45) is 0 Å². The summed E-state index contributed by atoms with van der Waals surface area (Å²) in [5, 5.41) is 12.9. The van der Waals surface area contributed by atoms with Gasteiger partial charge in [0.15, 0.2) is 10.8 Å². The van der Waals surface area contributed by atoms with Crippen molar-refractivity contribution in [3.8, 4) is 0 Å². The second-order valence-corrected chi connectivity index (χ2v) is 5.31. The van der Waals surface area contributed by atoms with Crippen LogP contribution in [-0.2, 0) is 5.41 Å². The molecule has 0 radical (unpaired) electrons. The quantitative estimate of drug-likeness (QED) is 0.810. The molecule has 1 unspecified atom stereocenters. The summed E-state index contributed by atoms with van der Waals surface area (Å²) < 4.78 is 41.4. The lowest BCUT2D eigenvalue weighted by atomic mass is 9.88. The molecule has 6 nitrogen and oxygen atoms in total. The van der Waals surface area contributed by atoms with E-state index >= 15 is 0 Å². The zero-order valence-electron chi connectivity index (χ0n) is 10.5. The molecule has 0 aromatic carbocycles. The predicted octanol–water partition coefficient (Wildman–Crippen LogP) is 2.70. The highest BCUT2D eigenvalue weighted by Gasteiger charge is 2.60. The Morgan fingerprint density at radius 1 is 1.52 bits per heavy atom. The Balaban J connectivity index is 2.38. The summed E-state index contributed by atoms with van der Waals surface area (Å²) in [7, 11) is 0. The molecule has 112 valence electrons. The molecule has 0 bridgehead atoms. The lowest BCUT2D eigenvalue weighted by Crippen LogP contribution is -2.45. The Morgan fingerprint density at radius 2 is 2.19 bits per heavy atom. The van der Waals surface area contributed by atoms with Gasteiger partial charge in [-0.1, -0.05) is 11.6 Å². The molecule has 0 saturated heterocycles. The second kappa shape index (κ2) is 4.00. The van der Waals surface area contributed by atoms with Crippen LogP contribution in [-0.4, -0.2) is 38.5 Å². The topological polar surface area (TPSA) is 70.7 Å². The molecule has 0 aliphatic carbocycles. The Bertz CT molecular complexity index is 760. The van der Waals surface area contributed by atoms with E-state index in [9.17, 15) is 18.0 Å². The van der Waals surface area contributed by atoms with Gasteiger partial charge in [-0.3, -0.25) is 4.90 Å². The summed E-state index contributed by atoms with van der Waals surface area (Å²) in [4.78, 5) is 15.7. The number of aromatic nitrogens is 3. The summed E-state index contributed by atoms with van der Waals surface area (Å²) in [6.45, 7) is 0.184. The largest absolute Gasteiger partial charge is 0.465 e. The van der Waals surface area contributed by atoms with Gasteiger partial charge in [0.05, 0.1) is 17.6 Å². The first-order valence-corrected chi connectivity index (χ1v) is 6.15. The van der Waals surface area contributed by atoms with E-state index in [1.165, 1.54) is 6.07 Å². The molecule has 1 atom stereocenters. The van der Waals surface area contributed by atoms with Gasteiger partial charge in [0, 0.05) is 12.6 Å². The highest BCUT2D eigenvalue weighted by Crippen LogP contribution is 2.49. The molecule has 3 rings (SSSR count). The number of carboxylic acid groups (broad SMARTS) is 1. The van der Waals surface area contributed by atoms with Crippen LogP contribution in [0.1, 0.15) is 12.6 Å². The molecule has 2 aromatic rings. The van der Waals surface area contributed by atoms with Crippen LogP contribution in [0.2, 0.25) is 5.15 Å². The number of anilines is 1. The first-order valence-electron chi connectivity index (χ1n) is 5.77. The minimum absolute atomic E-state index is 0.0193. The maximum Gasteiger partial charge on any atom is 0.411 e. The zero-order chi connectivity index (χ0) is 15.6. The van der Waals surface area contributed by atoms with E-state index in [2.05, 4.69) is 10.1 Å². The third-order valence-electron chi connectivity index (χ3n) is 3.58. The summed E-state index contributed by atoms with van der Waals surface area (Å²) in [6, 6.07) is 1.31. The summed E-state index contributed by atoms with van der Waals surface area (Å²) in [6.07, 6.45) is -5.05. The SMILES string of the molecule is CC1(C(F)(F)F)CN(C(=O)O)c2cnc3cc(Cl)nn3c21. The molecular formula is C11H8ClF3N4O2. The van der Waals surface area contributed by atoms with Crippen LogP contribution in [0.5, 0.6) is 0 Å². The summed E-state index contributed by atoms with van der Waals surface area (Å²) in [5.41, 5.74) is -2.69. The fraction of sp³-hybridized carbons (Fsp3) is 0.364. The molecule has 0 spiro atoms. The van der Waals surface area contributed by atoms with E-state index in [1.54, 1.807) is 0 Å². The normalized spacial score (nSPS) is 21.9. The van der Waals surface area contributed by atoms with Gasteiger partial charge < -0.3 is 5.11 Å². The van der Waals surface area contributed by atoms with Crippen molar-refractivity contribution in [1.29, 1.82) is 0 Å². The van der Waals surface area contributed by atoms with E-state index in [-0.39, 0.29) is 22.2 Å². The molecule has 10 heteroatoms. The first kappa shape index (κ1) is 13.9. The highest BCUT2D eigenvalue weighted by atomic mass is 35.5. The number of fused-ring (bicyclic) bond motifs is 3. The van der Waals surface area contributed by atoms with Crippen LogP contribution in [0.3, 0.4) is 0 Å². The third-order valence-corrected chi connectivity index (χ3v) is 3.76. The van der Waals surface area contributed by atoms with E-state index in [1.807, 2.05) is 0 Å². The van der Waals surface area contributed by atoms with Crippen LogP contribution in [0.4, 0.5) is 23.7 Å². The number of alkyl halides is 3. The van der Waals surface area contributed by atoms with Crippen molar-refractivity contribution in [1.82, 2.24) is 14.6 Å². The molecule has 21 heavy (non-hydrogen) atoms. The smallest absolute Gasteiger partial charge is 0.411 e. The number of hydrogen-bond acceptors (Lipinski definition) is 3. The van der Waals surface area contributed by atoms with Crippen molar-refractivity contribution in [3.05, 3.63) is 23.1 Å².